The fraction of sp³-hybridized carbons (Fsp3) is 0.611. The summed E-state index contributed by atoms with van der Waals surface area (Å²) >= 11 is 0. The molecule has 0 unspecified atom stereocenters. The van der Waals surface area contributed by atoms with E-state index in [0.29, 0.717) is 25.8 Å². The minimum atomic E-state index is -2.94. The van der Waals surface area contributed by atoms with Crippen molar-refractivity contribution in [3.63, 3.8) is 0 Å². The Morgan fingerprint density at radius 3 is 2.29 bits per heavy atom. The molecule has 5 nitrogen and oxygen atoms in total. The first-order valence-corrected chi connectivity index (χ1v) is 10.2. The molecule has 134 valence electrons. The van der Waals surface area contributed by atoms with Crippen LogP contribution in [-0.4, -0.2) is 38.2 Å². The number of rotatable bonds is 4. The fourth-order valence-electron chi connectivity index (χ4n) is 3.12. The molecule has 0 saturated carbocycles. The predicted molar refractivity (Wildman–Crippen MR) is 94.9 cm³/mol. The van der Waals surface area contributed by atoms with Crippen LogP contribution in [0.2, 0.25) is 0 Å². The summed E-state index contributed by atoms with van der Waals surface area (Å²) < 4.78 is 28.9. The Labute approximate surface area is 144 Å². The Balaban J connectivity index is 2.04. The summed E-state index contributed by atoms with van der Waals surface area (Å²) in [4.78, 5) is 11.8. The van der Waals surface area contributed by atoms with Gasteiger partial charge in [0.2, 0.25) is 0 Å². The van der Waals surface area contributed by atoms with Crippen molar-refractivity contribution in [1.82, 2.24) is 5.32 Å². The normalized spacial score (nSPS) is 19.5. The van der Waals surface area contributed by atoms with E-state index in [0.717, 1.165) is 5.56 Å². The molecule has 1 N–H and O–H groups in total. The van der Waals surface area contributed by atoms with E-state index in [4.69, 9.17) is 4.74 Å². The summed E-state index contributed by atoms with van der Waals surface area (Å²) in [5, 5.41) is 2.79. The highest BCUT2D eigenvalue weighted by Gasteiger charge is 2.38. The van der Waals surface area contributed by atoms with Crippen molar-refractivity contribution >= 4 is 15.9 Å². The van der Waals surface area contributed by atoms with E-state index < -0.39 is 21.5 Å². The van der Waals surface area contributed by atoms with Gasteiger partial charge >= 0.3 is 6.09 Å². The molecule has 1 aromatic carbocycles. The maximum Gasteiger partial charge on any atom is 0.407 e. The molecule has 2 rings (SSSR count). The van der Waals surface area contributed by atoms with Gasteiger partial charge in [-0.1, -0.05) is 30.3 Å². The van der Waals surface area contributed by atoms with Crippen molar-refractivity contribution in [2.75, 3.05) is 18.1 Å². The lowest BCUT2D eigenvalue weighted by molar-refractivity contribution is 0.0523. The van der Waals surface area contributed by atoms with Gasteiger partial charge in [-0.2, -0.15) is 0 Å². The van der Waals surface area contributed by atoms with Crippen LogP contribution in [0.15, 0.2) is 30.3 Å². The van der Waals surface area contributed by atoms with Crippen LogP contribution < -0.4 is 5.32 Å². The highest BCUT2D eigenvalue weighted by molar-refractivity contribution is 7.91. The number of ether oxygens (including phenoxy) is 1. The van der Waals surface area contributed by atoms with Gasteiger partial charge in [0.15, 0.2) is 0 Å². The largest absolute Gasteiger partial charge is 0.444 e. The lowest BCUT2D eigenvalue weighted by Crippen LogP contribution is -2.41. The molecule has 1 aliphatic rings. The van der Waals surface area contributed by atoms with Gasteiger partial charge < -0.3 is 10.1 Å². The second kappa shape index (κ2) is 7.13. The zero-order valence-electron chi connectivity index (χ0n) is 14.7. The van der Waals surface area contributed by atoms with Crippen LogP contribution in [0.1, 0.15) is 45.6 Å². The third-order valence-electron chi connectivity index (χ3n) is 4.44. The quantitative estimate of drug-likeness (QED) is 0.903. The Hall–Kier alpha value is -1.56. The van der Waals surface area contributed by atoms with Crippen LogP contribution >= 0.6 is 0 Å². The lowest BCUT2D eigenvalue weighted by atomic mass is 9.73. The Kier molecular flexibility index (Phi) is 5.58. The summed E-state index contributed by atoms with van der Waals surface area (Å²) in [6, 6.07) is 10.00. The van der Waals surface area contributed by atoms with E-state index in [1.54, 1.807) is 0 Å². The van der Waals surface area contributed by atoms with Crippen molar-refractivity contribution in [3.8, 4) is 0 Å². The molecule has 0 spiro atoms. The maximum absolute atomic E-state index is 11.8. The minimum absolute atomic E-state index is 0.203. The number of sulfone groups is 1. The molecule has 1 saturated heterocycles. The molecule has 0 radical (unpaired) electrons. The topological polar surface area (TPSA) is 72.5 Å². The molecule has 0 bridgehead atoms. The number of carbonyl (C=O) groups is 1. The van der Waals surface area contributed by atoms with E-state index in [-0.39, 0.29) is 16.9 Å². The van der Waals surface area contributed by atoms with Gasteiger partial charge in [-0.05, 0) is 51.0 Å². The molecule has 0 aliphatic carbocycles. The number of amides is 1. The van der Waals surface area contributed by atoms with Crippen molar-refractivity contribution in [2.45, 2.75) is 51.0 Å². The number of benzene rings is 1. The third kappa shape index (κ3) is 5.23. The van der Waals surface area contributed by atoms with Crippen molar-refractivity contribution < 1.29 is 17.9 Å². The molecule has 6 heteroatoms. The third-order valence-corrected chi connectivity index (χ3v) is 6.09. The molecular formula is C18H27NO4S. The summed E-state index contributed by atoms with van der Waals surface area (Å²) in [7, 11) is -2.94. The molecule has 1 heterocycles. The van der Waals surface area contributed by atoms with Crippen LogP contribution in [-0.2, 0) is 20.0 Å². The fourth-order valence-corrected chi connectivity index (χ4v) is 4.73. The van der Waals surface area contributed by atoms with Gasteiger partial charge in [-0.3, -0.25) is 0 Å². The van der Waals surface area contributed by atoms with Crippen LogP contribution in [0, 0.1) is 0 Å². The first-order valence-electron chi connectivity index (χ1n) is 8.35. The Morgan fingerprint density at radius 2 is 1.75 bits per heavy atom. The average Bonchev–Trinajstić information content (AvgIpc) is 2.48. The monoisotopic (exact) mass is 353 g/mol. The van der Waals surface area contributed by atoms with E-state index >= 15 is 0 Å². The lowest BCUT2D eigenvalue weighted by Gasteiger charge is -2.38. The number of nitrogens with one attached hydrogen (secondary N) is 1. The molecule has 1 aliphatic heterocycles. The standard InChI is InChI=1S/C18H27NO4S/c1-17(2,3)23-16(20)19-12-9-18(15-7-5-4-6-8-15)10-13-24(21,22)14-11-18/h4-8H,9-14H2,1-3H3,(H,19,20). The van der Waals surface area contributed by atoms with E-state index in [1.165, 1.54) is 0 Å². The SMILES string of the molecule is CC(C)(C)OC(=O)NCCC1(c2ccccc2)CCS(=O)(=O)CC1. The zero-order valence-corrected chi connectivity index (χ0v) is 15.5. The summed E-state index contributed by atoms with van der Waals surface area (Å²) in [6.07, 6.45) is 1.45. The summed E-state index contributed by atoms with van der Waals surface area (Å²) in [5.41, 5.74) is 0.410. The highest BCUT2D eigenvalue weighted by atomic mass is 32.2. The second-order valence-electron chi connectivity index (χ2n) is 7.48. The Morgan fingerprint density at radius 1 is 1.17 bits per heavy atom. The van der Waals surface area contributed by atoms with Gasteiger partial charge in [0.1, 0.15) is 15.4 Å². The van der Waals surface area contributed by atoms with Gasteiger partial charge in [-0.25, -0.2) is 13.2 Å². The average molecular weight is 353 g/mol. The summed E-state index contributed by atoms with van der Waals surface area (Å²) in [6.45, 7) is 5.93. The molecular weight excluding hydrogens is 326 g/mol. The van der Waals surface area contributed by atoms with Crippen molar-refractivity contribution in [3.05, 3.63) is 35.9 Å². The predicted octanol–water partition coefficient (Wildman–Crippen LogP) is 3.05. The maximum atomic E-state index is 11.8. The molecule has 0 atom stereocenters. The smallest absolute Gasteiger partial charge is 0.407 e. The first-order chi connectivity index (χ1) is 11.1. The number of hydrogen-bond donors (Lipinski definition) is 1. The molecule has 24 heavy (non-hydrogen) atoms. The second-order valence-corrected chi connectivity index (χ2v) is 9.78. The first kappa shape index (κ1) is 18.8. The van der Waals surface area contributed by atoms with E-state index in [1.807, 2.05) is 51.1 Å². The van der Waals surface area contributed by atoms with Gasteiger partial charge in [-0.15, -0.1) is 0 Å². The van der Waals surface area contributed by atoms with Crippen LogP contribution in [0.4, 0.5) is 4.79 Å². The van der Waals surface area contributed by atoms with Gasteiger partial charge in [0.05, 0.1) is 11.5 Å². The molecule has 1 aromatic rings. The van der Waals surface area contributed by atoms with Crippen LogP contribution in [0.5, 0.6) is 0 Å². The van der Waals surface area contributed by atoms with E-state index in [2.05, 4.69) is 5.32 Å². The van der Waals surface area contributed by atoms with Crippen LogP contribution in [0.25, 0.3) is 0 Å². The van der Waals surface area contributed by atoms with Gasteiger partial charge in [0.25, 0.3) is 0 Å². The zero-order chi connectivity index (χ0) is 17.8. The van der Waals surface area contributed by atoms with Crippen molar-refractivity contribution in [2.24, 2.45) is 0 Å². The molecule has 1 fully saturated rings. The highest BCUT2D eigenvalue weighted by Crippen LogP contribution is 2.39. The number of carbonyl (C=O) groups excluding carboxylic acids is 1. The van der Waals surface area contributed by atoms with Crippen molar-refractivity contribution in [1.29, 1.82) is 0 Å². The minimum Gasteiger partial charge on any atom is -0.444 e. The molecule has 1 amide bonds. The summed E-state index contributed by atoms with van der Waals surface area (Å²) in [5.74, 6) is 0.405. The number of alkyl carbamates (subject to hydrolysis) is 1. The number of hydrogen-bond acceptors (Lipinski definition) is 4. The van der Waals surface area contributed by atoms with E-state index in [9.17, 15) is 13.2 Å². The van der Waals surface area contributed by atoms with Gasteiger partial charge in [0, 0.05) is 6.54 Å². The van der Waals surface area contributed by atoms with Crippen LogP contribution in [0.3, 0.4) is 0 Å². The Bertz CT molecular complexity index is 648. The molecule has 0 aromatic heterocycles.